The Bertz CT molecular complexity index is 888. The molecule has 0 atom stereocenters. The lowest BCUT2D eigenvalue weighted by Gasteiger charge is -2.11. The van der Waals surface area contributed by atoms with Gasteiger partial charge in [-0.15, -0.1) is 0 Å². The van der Waals surface area contributed by atoms with Crippen molar-refractivity contribution in [2.45, 2.75) is 6.92 Å². The number of carboxylic acids is 1. The van der Waals surface area contributed by atoms with E-state index in [2.05, 4.69) is 4.98 Å². The van der Waals surface area contributed by atoms with Gasteiger partial charge in [-0.25, -0.2) is 9.18 Å². The number of rotatable bonds is 2. The molecule has 0 amide bonds. The number of fused-ring (bicyclic) bond motifs is 1. The van der Waals surface area contributed by atoms with E-state index in [4.69, 9.17) is 16.7 Å². The van der Waals surface area contributed by atoms with Gasteiger partial charge in [0.1, 0.15) is 5.82 Å². The van der Waals surface area contributed by atoms with Crippen molar-refractivity contribution >= 4 is 28.3 Å². The maximum absolute atomic E-state index is 14.2. The third-order valence-corrected chi connectivity index (χ3v) is 3.85. The van der Waals surface area contributed by atoms with Crippen LogP contribution in [0.5, 0.6) is 0 Å². The highest BCUT2D eigenvalue weighted by molar-refractivity contribution is 6.35. The minimum atomic E-state index is -1.06. The highest BCUT2D eigenvalue weighted by Gasteiger charge is 2.16. The van der Waals surface area contributed by atoms with E-state index in [-0.39, 0.29) is 5.56 Å². The minimum absolute atomic E-state index is 0.104. The first-order chi connectivity index (χ1) is 10.5. The SMILES string of the molecule is Cc1cccc(F)c1-c1ncc(Cl)c2ccc(C(=O)O)cc12. The fourth-order valence-electron chi connectivity index (χ4n) is 2.47. The quantitative estimate of drug-likeness (QED) is 0.745. The predicted molar refractivity (Wildman–Crippen MR) is 83.8 cm³/mol. The zero-order valence-corrected chi connectivity index (χ0v) is 12.4. The van der Waals surface area contributed by atoms with Crippen LogP contribution in [0.3, 0.4) is 0 Å². The Morgan fingerprint density at radius 1 is 1.23 bits per heavy atom. The summed E-state index contributed by atoms with van der Waals surface area (Å²) in [6.45, 7) is 1.78. The molecule has 0 unspecified atom stereocenters. The molecule has 3 rings (SSSR count). The van der Waals surface area contributed by atoms with Crippen LogP contribution < -0.4 is 0 Å². The molecule has 2 aromatic carbocycles. The van der Waals surface area contributed by atoms with E-state index in [1.807, 2.05) is 0 Å². The van der Waals surface area contributed by atoms with Crippen LogP contribution in [0.4, 0.5) is 4.39 Å². The summed E-state index contributed by atoms with van der Waals surface area (Å²) in [5.41, 5.74) is 1.56. The zero-order valence-electron chi connectivity index (χ0n) is 11.6. The van der Waals surface area contributed by atoms with Crippen LogP contribution in [0, 0.1) is 12.7 Å². The first kappa shape index (κ1) is 14.5. The first-order valence-electron chi connectivity index (χ1n) is 6.56. The van der Waals surface area contributed by atoms with Crippen LogP contribution in [-0.2, 0) is 0 Å². The van der Waals surface area contributed by atoms with E-state index in [1.54, 1.807) is 25.1 Å². The molecule has 1 aromatic heterocycles. The van der Waals surface area contributed by atoms with Crippen LogP contribution in [0.2, 0.25) is 5.02 Å². The summed E-state index contributed by atoms with van der Waals surface area (Å²) >= 11 is 6.12. The lowest BCUT2D eigenvalue weighted by Crippen LogP contribution is -1.98. The molecule has 1 N–H and O–H groups in total. The van der Waals surface area contributed by atoms with Crippen molar-refractivity contribution in [3.8, 4) is 11.3 Å². The third-order valence-electron chi connectivity index (χ3n) is 3.54. The molecule has 0 radical (unpaired) electrons. The van der Waals surface area contributed by atoms with Crippen LogP contribution in [-0.4, -0.2) is 16.1 Å². The van der Waals surface area contributed by atoms with E-state index >= 15 is 0 Å². The van der Waals surface area contributed by atoms with Crippen molar-refractivity contribution < 1.29 is 14.3 Å². The van der Waals surface area contributed by atoms with Gasteiger partial charge in [0.2, 0.25) is 0 Å². The number of benzene rings is 2. The summed E-state index contributed by atoms with van der Waals surface area (Å²) in [6.07, 6.45) is 1.45. The van der Waals surface area contributed by atoms with Gasteiger partial charge >= 0.3 is 5.97 Å². The summed E-state index contributed by atoms with van der Waals surface area (Å²) in [4.78, 5) is 15.4. The first-order valence-corrected chi connectivity index (χ1v) is 6.94. The molecule has 0 saturated heterocycles. The van der Waals surface area contributed by atoms with Gasteiger partial charge in [0.05, 0.1) is 16.3 Å². The molecular weight excluding hydrogens is 305 g/mol. The number of carbonyl (C=O) groups is 1. The van der Waals surface area contributed by atoms with Crippen molar-refractivity contribution in [3.63, 3.8) is 0 Å². The monoisotopic (exact) mass is 315 g/mol. The molecule has 1 heterocycles. The predicted octanol–water partition coefficient (Wildman–Crippen LogP) is 4.70. The largest absolute Gasteiger partial charge is 0.478 e. The summed E-state index contributed by atoms with van der Waals surface area (Å²) < 4.78 is 14.2. The number of aromatic nitrogens is 1. The molecule has 0 aliphatic carbocycles. The maximum atomic E-state index is 14.2. The molecule has 0 bridgehead atoms. The summed E-state index contributed by atoms with van der Waals surface area (Å²) in [7, 11) is 0. The Morgan fingerprint density at radius 3 is 2.68 bits per heavy atom. The minimum Gasteiger partial charge on any atom is -0.478 e. The van der Waals surface area contributed by atoms with Crippen LogP contribution >= 0.6 is 11.6 Å². The Kier molecular flexibility index (Phi) is 3.54. The summed E-state index contributed by atoms with van der Waals surface area (Å²) in [6, 6.07) is 9.30. The number of halogens is 2. The second-order valence-electron chi connectivity index (χ2n) is 4.95. The van der Waals surface area contributed by atoms with Gasteiger partial charge in [-0.3, -0.25) is 4.98 Å². The average molecular weight is 316 g/mol. The van der Waals surface area contributed by atoms with Crippen molar-refractivity contribution in [3.05, 3.63) is 64.6 Å². The molecule has 110 valence electrons. The van der Waals surface area contributed by atoms with Crippen LogP contribution in [0.1, 0.15) is 15.9 Å². The molecule has 3 aromatic rings. The number of hydrogen-bond donors (Lipinski definition) is 1. The van der Waals surface area contributed by atoms with E-state index < -0.39 is 11.8 Å². The Labute approximate surface area is 131 Å². The Hall–Kier alpha value is -2.46. The van der Waals surface area contributed by atoms with Gasteiger partial charge in [-0.05, 0) is 30.7 Å². The van der Waals surface area contributed by atoms with Crippen molar-refractivity contribution in [2.24, 2.45) is 0 Å². The highest BCUT2D eigenvalue weighted by Crippen LogP contribution is 2.34. The van der Waals surface area contributed by atoms with Gasteiger partial charge in [-0.1, -0.05) is 29.8 Å². The van der Waals surface area contributed by atoms with E-state index in [1.165, 1.54) is 24.4 Å². The molecule has 0 saturated carbocycles. The van der Waals surface area contributed by atoms with Crippen molar-refractivity contribution in [1.82, 2.24) is 4.98 Å². The van der Waals surface area contributed by atoms with Gasteiger partial charge < -0.3 is 5.11 Å². The number of nitrogens with zero attached hydrogens (tertiary/aromatic N) is 1. The molecule has 0 aliphatic heterocycles. The normalized spacial score (nSPS) is 10.9. The number of hydrogen-bond acceptors (Lipinski definition) is 2. The molecular formula is C17H11ClFNO2. The van der Waals surface area contributed by atoms with Crippen molar-refractivity contribution in [1.29, 1.82) is 0 Å². The van der Waals surface area contributed by atoms with E-state index in [0.717, 1.165) is 5.56 Å². The van der Waals surface area contributed by atoms with E-state index in [0.29, 0.717) is 27.1 Å². The standard InChI is InChI=1S/C17H11ClFNO2/c1-9-3-2-4-14(19)15(9)16-12-7-10(17(21)22)5-6-11(12)13(18)8-20-16/h2-8H,1H3,(H,21,22). The Balaban J connectivity index is 2.41. The smallest absolute Gasteiger partial charge is 0.335 e. The van der Waals surface area contributed by atoms with Crippen LogP contribution in [0.15, 0.2) is 42.6 Å². The van der Waals surface area contributed by atoms with Crippen LogP contribution in [0.25, 0.3) is 22.0 Å². The molecule has 0 aliphatic rings. The second-order valence-corrected chi connectivity index (χ2v) is 5.36. The van der Waals surface area contributed by atoms with Gasteiger partial charge in [0.25, 0.3) is 0 Å². The van der Waals surface area contributed by atoms with Gasteiger partial charge in [0, 0.05) is 22.5 Å². The summed E-state index contributed by atoms with van der Waals surface area (Å²) in [5.74, 6) is -1.46. The average Bonchev–Trinajstić information content (AvgIpc) is 2.49. The Morgan fingerprint density at radius 2 is 2.00 bits per heavy atom. The highest BCUT2D eigenvalue weighted by atomic mass is 35.5. The fourth-order valence-corrected chi connectivity index (χ4v) is 2.69. The maximum Gasteiger partial charge on any atom is 0.335 e. The zero-order chi connectivity index (χ0) is 15.9. The molecule has 0 spiro atoms. The molecule has 3 nitrogen and oxygen atoms in total. The lowest BCUT2D eigenvalue weighted by molar-refractivity contribution is 0.0697. The number of pyridine rings is 1. The van der Waals surface area contributed by atoms with Gasteiger partial charge in [0.15, 0.2) is 0 Å². The fraction of sp³-hybridized carbons (Fsp3) is 0.0588. The molecule has 0 fully saturated rings. The lowest BCUT2D eigenvalue weighted by atomic mass is 9.98. The number of carboxylic acid groups (broad SMARTS) is 1. The third kappa shape index (κ3) is 2.31. The number of aromatic carboxylic acids is 1. The number of aryl methyl sites for hydroxylation is 1. The second kappa shape index (κ2) is 5.39. The molecule has 5 heteroatoms. The topological polar surface area (TPSA) is 50.2 Å². The summed E-state index contributed by atoms with van der Waals surface area (Å²) in [5, 5.41) is 10.7. The molecule has 22 heavy (non-hydrogen) atoms. The van der Waals surface area contributed by atoms with E-state index in [9.17, 15) is 9.18 Å². The van der Waals surface area contributed by atoms with Gasteiger partial charge in [-0.2, -0.15) is 0 Å². The van der Waals surface area contributed by atoms with Crippen molar-refractivity contribution in [2.75, 3.05) is 0 Å².